The third-order valence-corrected chi connectivity index (χ3v) is 4.24. The number of allylic oxidation sites excluding steroid dienone is 1. The Bertz CT molecular complexity index is 699. The highest BCUT2D eigenvalue weighted by Gasteiger charge is 2.18. The van der Waals surface area contributed by atoms with E-state index >= 15 is 0 Å². The fraction of sp³-hybridized carbons (Fsp3) is 0.312. The van der Waals surface area contributed by atoms with E-state index in [-0.39, 0.29) is 17.8 Å². The SMILES string of the molecule is C=CCn1c(COc2cccc(C)c2)nnc1S[C@H](C)C(N)=O. The molecule has 23 heavy (non-hydrogen) atoms. The number of rotatable bonds is 8. The van der Waals surface area contributed by atoms with Crippen LogP contribution in [0.5, 0.6) is 5.75 Å². The summed E-state index contributed by atoms with van der Waals surface area (Å²) in [7, 11) is 0. The average Bonchev–Trinajstić information content (AvgIpc) is 2.88. The molecule has 0 radical (unpaired) electrons. The van der Waals surface area contributed by atoms with E-state index in [2.05, 4.69) is 16.8 Å². The molecule has 1 heterocycles. The van der Waals surface area contributed by atoms with Gasteiger partial charge in [0.15, 0.2) is 11.0 Å². The van der Waals surface area contributed by atoms with Gasteiger partial charge >= 0.3 is 0 Å². The van der Waals surface area contributed by atoms with Crippen LogP contribution >= 0.6 is 11.8 Å². The van der Waals surface area contributed by atoms with E-state index in [0.29, 0.717) is 17.5 Å². The molecule has 6 nitrogen and oxygen atoms in total. The summed E-state index contributed by atoms with van der Waals surface area (Å²) in [5.74, 6) is 1.06. The Labute approximate surface area is 139 Å². The number of carbonyl (C=O) groups excluding carboxylic acids is 1. The van der Waals surface area contributed by atoms with Crippen molar-refractivity contribution in [3.63, 3.8) is 0 Å². The standard InChI is InChI=1S/C16H20N4O2S/c1-4-8-20-14(10-22-13-7-5-6-11(2)9-13)18-19-16(20)23-12(3)15(17)21/h4-7,9,12H,1,8,10H2,2-3H3,(H2,17,21)/t12-/m1/s1. The molecule has 0 saturated carbocycles. The largest absolute Gasteiger partial charge is 0.486 e. The second-order valence-electron chi connectivity index (χ2n) is 5.07. The van der Waals surface area contributed by atoms with E-state index in [4.69, 9.17) is 10.5 Å². The predicted octanol–water partition coefficient (Wildman–Crippen LogP) is 2.32. The number of nitrogens with zero attached hydrogens (tertiary/aromatic N) is 3. The van der Waals surface area contributed by atoms with Gasteiger partial charge in [-0.25, -0.2) is 0 Å². The van der Waals surface area contributed by atoms with Crippen LogP contribution < -0.4 is 10.5 Å². The maximum Gasteiger partial charge on any atom is 0.230 e. The van der Waals surface area contributed by atoms with E-state index in [0.717, 1.165) is 11.3 Å². The van der Waals surface area contributed by atoms with Crippen LogP contribution in [-0.2, 0) is 17.9 Å². The van der Waals surface area contributed by atoms with Crippen LogP contribution in [0, 0.1) is 6.92 Å². The van der Waals surface area contributed by atoms with Gasteiger partial charge < -0.3 is 10.5 Å². The lowest BCUT2D eigenvalue weighted by atomic mass is 10.2. The third-order valence-electron chi connectivity index (χ3n) is 3.15. The van der Waals surface area contributed by atoms with E-state index < -0.39 is 0 Å². The van der Waals surface area contributed by atoms with E-state index in [1.54, 1.807) is 13.0 Å². The summed E-state index contributed by atoms with van der Waals surface area (Å²) in [5.41, 5.74) is 6.43. The number of amides is 1. The van der Waals surface area contributed by atoms with Crippen molar-refractivity contribution >= 4 is 17.7 Å². The van der Waals surface area contributed by atoms with Crippen LogP contribution in [0.1, 0.15) is 18.3 Å². The zero-order valence-corrected chi connectivity index (χ0v) is 14.0. The Morgan fingerprint density at radius 3 is 2.96 bits per heavy atom. The number of ether oxygens (including phenoxy) is 1. The van der Waals surface area contributed by atoms with E-state index in [1.165, 1.54) is 11.8 Å². The van der Waals surface area contributed by atoms with E-state index in [9.17, 15) is 4.79 Å². The van der Waals surface area contributed by atoms with Crippen molar-refractivity contribution in [3.8, 4) is 5.75 Å². The number of hydrogen-bond donors (Lipinski definition) is 1. The van der Waals surface area contributed by atoms with Crippen LogP contribution in [0.25, 0.3) is 0 Å². The lowest BCUT2D eigenvalue weighted by Gasteiger charge is -2.11. The van der Waals surface area contributed by atoms with Crippen molar-refractivity contribution in [2.75, 3.05) is 0 Å². The van der Waals surface area contributed by atoms with Crippen molar-refractivity contribution in [3.05, 3.63) is 48.3 Å². The second kappa shape index (κ2) is 7.82. The molecule has 0 aliphatic rings. The van der Waals surface area contributed by atoms with Crippen LogP contribution in [0.4, 0.5) is 0 Å². The first-order valence-electron chi connectivity index (χ1n) is 7.19. The summed E-state index contributed by atoms with van der Waals surface area (Å²) in [6.07, 6.45) is 1.75. The lowest BCUT2D eigenvalue weighted by molar-refractivity contribution is -0.117. The summed E-state index contributed by atoms with van der Waals surface area (Å²) in [6.45, 7) is 8.31. The Morgan fingerprint density at radius 1 is 1.52 bits per heavy atom. The molecule has 0 saturated heterocycles. The van der Waals surface area contributed by atoms with Gasteiger partial charge in [-0.05, 0) is 31.5 Å². The number of thioether (sulfide) groups is 1. The fourth-order valence-corrected chi connectivity index (χ4v) is 2.72. The topological polar surface area (TPSA) is 83.0 Å². The molecule has 2 rings (SSSR count). The smallest absolute Gasteiger partial charge is 0.230 e. The molecule has 0 fully saturated rings. The third kappa shape index (κ3) is 4.59. The zero-order valence-electron chi connectivity index (χ0n) is 13.2. The second-order valence-corrected chi connectivity index (χ2v) is 6.37. The van der Waals surface area contributed by atoms with Gasteiger partial charge in [-0.1, -0.05) is 30.0 Å². The molecular weight excluding hydrogens is 312 g/mol. The van der Waals surface area contributed by atoms with Gasteiger partial charge in [0, 0.05) is 6.54 Å². The number of carbonyl (C=O) groups is 1. The van der Waals surface area contributed by atoms with Crippen molar-refractivity contribution < 1.29 is 9.53 Å². The van der Waals surface area contributed by atoms with Gasteiger partial charge in [0.25, 0.3) is 0 Å². The normalized spacial score (nSPS) is 11.9. The first kappa shape index (κ1) is 17.1. The number of aromatic nitrogens is 3. The average molecular weight is 332 g/mol. The molecule has 0 aliphatic carbocycles. The number of aryl methyl sites for hydroxylation is 1. The van der Waals surface area contributed by atoms with Gasteiger partial charge in [-0.15, -0.1) is 16.8 Å². The number of hydrogen-bond acceptors (Lipinski definition) is 5. The summed E-state index contributed by atoms with van der Waals surface area (Å²) < 4.78 is 7.64. The van der Waals surface area contributed by atoms with Crippen molar-refractivity contribution in [1.29, 1.82) is 0 Å². The maximum absolute atomic E-state index is 11.2. The lowest BCUT2D eigenvalue weighted by Crippen LogP contribution is -2.23. The molecule has 1 aromatic carbocycles. The highest BCUT2D eigenvalue weighted by Crippen LogP contribution is 2.23. The molecular formula is C16H20N4O2S. The number of primary amides is 1. The van der Waals surface area contributed by atoms with Gasteiger partial charge in [0.2, 0.25) is 5.91 Å². The molecule has 1 amide bonds. The number of benzene rings is 1. The Kier molecular flexibility index (Phi) is 5.81. The quantitative estimate of drug-likeness (QED) is 0.592. The summed E-state index contributed by atoms with van der Waals surface area (Å²) in [4.78, 5) is 11.2. The van der Waals surface area contributed by atoms with Crippen LogP contribution in [0.3, 0.4) is 0 Å². The molecule has 2 N–H and O–H groups in total. The highest BCUT2D eigenvalue weighted by molar-refractivity contribution is 8.00. The first-order valence-corrected chi connectivity index (χ1v) is 8.07. The summed E-state index contributed by atoms with van der Waals surface area (Å²) in [5, 5.41) is 8.52. The molecule has 0 unspecified atom stereocenters. The summed E-state index contributed by atoms with van der Waals surface area (Å²) >= 11 is 1.27. The van der Waals surface area contributed by atoms with E-state index in [1.807, 2.05) is 35.8 Å². The molecule has 7 heteroatoms. The molecule has 0 bridgehead atoms. The molecule has 0 aliphatic heterocycles. The predicted molar refractivity (Wildman–Crippen MR) is 90.2 cm³/mol. The summed E-state index contributed by atoms with van der Waals surface area (Å²) in [6, 6.07) is 7.80. The van der Waals surface area contributed by atoms with Crippen molar-refractivity contribution in [2.45, 2.75) is 37.4 Å². The molecule has 1 aromatic heterocycles. The Morgan fingerprint density at radius 2 is 2.30 bits per heavy atom. The first-order chi connectivity index (χ1) is 11.0. The Hall–Kier alpha value is -2.28. The van der Waals surface area contributed by atoms with Gasteiger partial charge in [0.1, 0.15) is 12.4 Å². The maximum atomic E-state index is 11.2. The Balaban J connectivity index is 2.13. The monoisotopic (exact) mass is 332 g/mol. The molecule has 0 spiro atoms. The minimum atomic E-state index is -0.388. The van der Waals surface area contributed by atoms with Gasteiger partial charge in [-0.3, -0.25) is 9.36 Å². The molecule has 1 atom stereocenters. The minimum absolute atomic E-state index is 0.288. The van der Waals surface area contributed by atoms with Crippen molar-refractivity contribution in [1.82, 2.24) is 14.8 Å². The minimum Gasteiger partial charge on any atom is -0.486 e. The zero-order chi connectivity index (χ0) is 16.8. The van der Waals surface area contributed by atoms with Crippen LogP contribution in [0.15, 0.2) is 42.1 Å². The number of nitrogens with two attached hydrogens (primary N) is 1. The van der Waals surface area contributed by atoms with Crippen LogP contribution in [0.2, 0.25) is 0 Å². The molecule has 122 valence electrons. The fourth-order valence-electron chi connectivity index (χ4n) is 1.89. The molecule has 2 aromatic rings. The highest BCUT2D eigenvalue weighted by atomic mass is 32.2. The van der Waals surface area contributed by atoms with Gasteiger partial charge in [-0.2, -0.15) is 0 Å². The van der Waals surface area contributed by atoms with Crippen molar-refractivity contribution in [2.24, 2.45) is 5.73 Å². The van der Waals surface area contributed by atoms with Gasteiger partial charge in [0.05, 0.1) is 5.25 Å². The van der Waals surface area contributed by atoms with Crippen LogP contribution in [-0.4, -0.2) is 25.9 Å².